The number of halogens is 2. The number of aryl methyl sites for hydroxylation is 2. The van der Waals surface area contributed by atoms with Crippen LogP contribution in [0.4, 0.5) is 4.39 Å². The molecule has 1 heterocycles. The van der Waals surface area contributed by atoms with Gasteiger partial charge in [-0.3, -0.25) is 4.79 Å². The van der Waals surface area contributed by atoms with Crippen LogP contribution in [0.25, 0.3) is 0 Å². The van der Waals surface area contributed by atoms with E-state index in [1.807, 2.05) is 0 Å². The molecule has 0 radical (unpaired) electrons. The maximum absolute atomic E-state index is 13.1. The lowest BCUT2D eigenvalue weighted by Crippen LogP contribution is -2.23. The fourth-order valence-corrected chi connectivity index (χ4v) is 1.89. The van der Waals surface area contributed by atoms with Crippen LogP contribution in [0, 0.1) is 19.7 Å². The predicted molar refractivity (Wildman–Crippen MR) is 68.6 cm³/mol. The molecule has 6 heteroatoms. The molecule has 2 aromatic rings. The first-order chi connectivity index (χ1) is 8.99. The Bertz CT molecular complexity index is 606. The lowest BCUT2D eigenvalue weighted by molar-refractivity contribution is 0.0950. The topological polar surface area (TPSA) is 55.1 Å². The minimum absolute atomic E-state index is 0.105. The molecule has 0 bridgehead atoms. The summed E-state index contributed by atoms with van der Waals surface area (Å²) in [5.41, 5.74) is 1.62. The summed E-state index contributed by atoms with van der Waals surface area (Å²) in [4.78, 5) is 11.9. The number of nitrogens with one attached hydrogen (secondary N) is 1. The van der Waals surface area contributed by atoms with Gasteiger partial charge in [-0.25, -0.2) is 4.39 Å². The lowest BCUT2D eigenvalue weighted by atomic mass is 10.1. The molecule has 0 fully saturated rings. The first kappa shape index (κ1) is 13.5. The zero-order valence-corrected chi connectivity index (χ0v) is 11.2. The van der Waals surface area contributed by atoms with E-state index < -0.39 is 11.7 Å². The normalized spacial score (nSPS) is 10.5. The van der Waals surface area contributed by atoms with E-state index in [9.17, 15) is 9.18 Å². The van der Waals surface area contributed by atoms with E-state index in [2.05, 4.69) is 10.5 Å². The molecule has 0 atom stereocenters. The van der Waals surface area contributed by atoms with Gasteiger partial charge in [-0.15, -0.1) is 0 Å². The van der Waals surface area contributed by atoms with Gasteiger partial charge >= 0.3 is 0 Å². The number of carbonyl (C=O) groups is 1. The molecule has 1 N–H and O–H groups in total. The van der Waals surface area contributed by atoms with Crippen molar-refractivity contribution in [2.45, 2.75) is 20.4 Å². The second kappa shape index (κ2) is 5.40. The number of rotatable bonds is 3. The summed E-state index contributed by atoms with van der Waals surface area (Å²) in [5.74, 6) is -0.306. The van der Waals surface area contributed by atoms with E-state index in [1.54, 1.807) is 13.8 Å². The second-order valence-corrected chi connectivity index (χ2v) is 4.52. The quantitative estimate of drug-likeness (QED) is 0.941. The van der Waals surface area contributed by atoms with Crippen LogP contribution in [-0.2, 0) is 6.54 Å². The summed E-state index contributed by atoms with van der Waals surface area (Å²) in [5, 5.41) is 6.65. The summed E-state index contributed by atoms with van der Waals surface area (Å²) in [6, 6.07) is 3.65. The Morgan fingerprint density at radius 2 is 2.21 bits per heavy atom. The smallest absolute Gasteiger partial charge is 0.253 e. The molecule has 4 nitrogen and oxygen atoms in total. The predicted octanol–water partition coefficient (Wildman–Crippen LogP) is 3.01. The first-order valence-electron chi connectivity index (χ1n) is 5.64. The first-order valence-corrected chi connectivity index (χ1v) is 6.02. The molecular weight excluding hydrogens is 271 g/mol. The molecule has 0 unspecified atom stereocenters. The standard InChI is InChI=1S/C13H12ClFN2O2/c1-7-11(8(2)19-17-7)6-16-13(18)10-5-9(15)3-4-12(10)14/h3-5H,6H2,1-2H3,(H,16,18). The van der Waals surface area contributed by atoms with E-state index in [4.69, 9.17) is 16.1 Å². The molecule has 1 amide bonds. The summed E-state index contributed by atoms with van der Waals surface area (Å²) in [6.45, 7) is 3.80. The van der Waals surface area contributed by atoms with Gasteiger partial charge in [-0.05, 0) is 32.0 Å². The van der Waals surface area contributed by atoms with Gasteiger partial charge in [-0.2, -0.15) is 0 Å². The number of carbonyl (C=O) groups excluding carboxylic acids is 1. The van der Waals surface area contributed by atoms with Crippen LogP contribution in [0.5, 0.6) is 0 Å². The van der Waals surface area contributed by atoms with Crippen LogP contribution in [0.2, 0.25) is 5.02 Å². The van der Waals surface area contributed by atoms with Gasteiger partial charge in [0.1, 0.15) is 11.6 Å². The van der Waals surface area contributed by atoms with Crippen LogP contribution in [0.3, 0.4) is 0 Å². The minimum atomic E-state index is -0.508. The summed E-state index contributed by atoms with van der Waals surface area (Å²) in [7, 11) is 0. The Balaban J connectivity index is 2.12. The molecule has 0 spiro atoms. The van der Waals surface area contributed by atoms with Gasteiger partial charge in [0.25, 0.3) is 5.91 Å². The Labute approximate surface area is 114 Å². The van der Waals surface area contributed by atoms with Crippen LogP contribution in [-0.4, -0.2) is 11.1 Å². The summed E-state index contributed by atoms with van der Waals surface area (Å²) >= 11 is 5.86. The van der Waals surface area contributed by atoms with Crippen molar-refractivity contribution in [3.63, 3.8) is 0 Å². The van der Waals surface area contributed by atoms with Gasteiger partial charge < -0.3 is 9.84 Å². The van der Waals surface area contributed by atoms with Crippen molar-refractivity contribution in [2.24, 2.45) is 0 Å². The van der Waals surface area contributed by atoms with Crippen molar-refractivity contribution < 1.29 is 13.7 Å². The van der Waals surface area contributed by atoms with Crippen molar-refractivity contribution in [3.8, 4) is 0 Å². The van der Waals surface area contributed by atoms with E-state index >= 15 is 0 Å². The van der Waals surface area contributed by atoms with Gasteiger partial charge in [0, 0.05) is 12.1 Å². The lowest BCUT2D eigenvalue weighted by Gasteiger charge is -2.06. The van der Waals surface area contributed by atoms with Crippen molar-refractivity contribution in [1.82, 2.24) is 10.5 Å². The van der Waals surface area contributed by atoms with Gasteiger partial charge in [-0.1, -0.05) is 16.8 Å². The molecule has 0 aliphatic rings. The highest BCUT2D eigenvalue weighted by Crippen LogP contribution is 2.17. The average Bonchev–Trinajstić information content (AvgIpc) is 2.69. The van der Waals surface area contributed by atoms with E-state index in [1.165, 1.54) is 12.1 Å². The Hall–Kier alpha value is -1.88. The fourth-order valence-electron chi connectivity index (χ4n) is 1.69. The highest BCUT2D eigenvalue weighted by atomic mass is 35.5. The summed E-state index contributed by atoms with van der Waals surface area (Å²) < 4.78 is 18.1. The van der Waals surface area contributed by atoms with Gasteiger partial charge in [0.15, 0.2) is 0 Å². The highest BCUT2D eigenvalue weighted by Gasteiger charge is 2.14. The molecule has 1 aromatic carbocycles. The Morgan fingerprint density at radius 3 is 2.84 bits per heavy atom. The largest absolute Gasteiger partial charge is 0.361 e. The van der Waals surface area contributed by atoms with Crippen molar-refractivity contribution >= 4 is 17.5 Å². The monoisotopic (exact) mass is 282 g/mol. The van der Waals surface area contributed by atoms with Gasteiger partial charge in [0.05, 0.1) is 16.3 Å². The number of benzene rings is 1. The number of amides is 1. The van der Waals surface area contributed by atoms with Crippen LogP contribution in [0.15, 0.2) is 22.7 Å². The molecule has 100 valence electrons. The van der Waals surface area contributed by atoms with E-state index in [0.29, 0.717) is 11.5 Å². The molecule has 19 heavy (non-hydrogen) atoms. The second-order valence-electron chi connectivity index (χ2n) is 4.11. The van der Waals surface area contributed by atoms with Crippen molar-refractivity contribution in [3.05, 3.63) is 51.6 Å². The van der Waals surface area contributed by atoms with Crippen molar-refractivity contribution in [2.75, 3.05) is 0 Å². The molecule has 0 aliphatic carbocycles. The van der Waals surface area contributed by atoms with Crippen LogP contribution < -0.4 is 5.32 Å². The SMILES string of the molecule is Cc1noc(C)c1CNC(=O)c1cc(F)ccc1Cl. The zero-order chi connectivity index (χ0) is 14.0. The molecule has 0 saturated heterocycles. The number of aromatic nitrogens is 1. The highest BCUT2D eigenvalue weighted by molar-refractivity contribution is 6.33. The molecule has 0 saturated carbocycles. The maximum Gasteiger partial charge on any atom is 0.253 e. The third-order valence-corrected chi connectivity index (χ3v) is 3.11. The molecule has 2 rings (SSSR count). The third-order valence-electron chi connectivity index (χ3n) is 2.78. The Kier molecular flexibility index (Phi) is 3.85. The van der Waals surface area contributed by atoms with Crippen LogP contribution >= 0.6 is 11.6 Å². The average molecular weight is 283 g/mol. The zero-order valence-electron chi connectivity index (χ0n) is 10.5. The van der Waals surface area contributed by atoms with Crippen LogP contribution in [0.1, 0.15) is 27.4 Å². The van der Waals surface area contributed by atoms with E-state index in [0.717, 1.165) is 11.6 Å². The minimum Gasteiger partial charge on any atom is -0.361 e. The fraction of sp³-hybridized carbons (Fsp3) is 0.231. The molecule has 0 aliphatic heterocycles. The number of hydrogen-bond acceptors (Lipinski definition) is 3. The molecular formula is C13H12ClFN2O2. The molecule has 1 aromatic heterocycles. The van der Waals surface area contributed by atoms with Gasteiger partial charge in [0.2, 0.25) is 0 Å². The van der Waals surface area contributed by atoms with E-state index in [-0.39, 0.29) is 17.1 Å². The number of nitrogens with zero attached hydrogens (tertiary/aromatic N) is 1. The maximum atomic E-state index is 13.1. The number of hydrogen-bond donors (Lipinski definition) is 1. The van der Waals surface area contributed by atoms with Crippen molar-refractivity contribution in [1.29, 1.82) is 0 Å². The summed E-state index contributed by atoms with van der Waals surface area (Å²) in [6.07, 6.45) is 0. The Morgan fingerprint density at radius 1 is 1.47 bits per heavy atom. The third kappa shape index (κ3) is 2.93.